The molecule has 0 N–H and O–H groups in total. The number of hydrogen-bond acceptors (Lipinski definition) is 4. The van der Waals surface area contributed by atoms with Gasteiger partial charge in [-0.1, -0.05) is 18.2 Å². The molecule has 4 rings (SSSR count). The van der Waals surface area contributed by atoms with E-state index in [2.05, 4.69) is 41.6 Å². The summed E-state index contributed by atoms with van der Waals surface area (Å²) in [7, 11) is 1.74. The van der Waals surface area contributed by atoms with Crippen LogP contribution in [0.15, 0.2) is 18.2 Å². The Morgan fingerprint density at radius 2 is 2.13 bits per heavy atom. The van der Waals surface area contributed by atoms with E-state index in [-0.39, 0.29) is 18.1 Å². The SMILES string of the molecule is COCCCCn1nc([C@@H](C)N(C(=O)[C@H]2CCCCO2)C2CC2)c2cccc(C)c21. The number of unbranched alkanes of at least 4 members (excludes halogenated alkanes) is 1. The first-order valence-electron chi connectivity index (χ1n) is 11.5. The molecule has 2 fully saturated rings. The Labute approximate surface area is 179 Å². The fraction of sp³-hybridized carbons (Fsp3) is 0.667. The minimum Gasteiger partial charge on any atom is -0.385 e. The lowest BCUT2D eigenvalue weighted by Crippen LogP contribution is -2.44. The van der Waals surface area contributed by atoms with Gasteiger partial charge in [-0.3, -0.25) is 9.48 Å². The van der Waals surface area contributed by atoms with E-state index in [1.54, 1.807) is 7.11 Å². The Kier molecular flexibility index (Phi) is 6.74. The summed E-state index contributed by atoms with van der Waals surface area (Å²) >= 11 is 0. The summed E-state index contributed by atoms with van der Waals surface area (Å²) in [5, 5.41) is 6.21. The van der Waals surface area contributed by atoms with Gasteiger partial charge in [0.25, 0.3) is 5.91 Å². The predicted octanol–water partition coefficient (Wildman–Crippen LogP) is 4.39. The normalized spacial score (nSPS) is 20.4. The summed E-state index contributed by atoms with van der Waals surface area (Å²) in [4.78, 5) is 15.5. The van der Waals surface area contributed by atoms with Gasteiger partial charge in [0.1, 0.15) is 6.10 Å². The highest BCUT2D eigenvalue weighted by Crippen LogP contribution is 2.38. The lowest BCUT2D eigenvalue weighted by atomic mass is 10.0. The zero-order valence-corrected chi connectivity index (χ0v) is 18.6. The summed E-state index contributed by atoms with van der Waals surface area (Å²) in [6, 6.07) is 6.66. The minimum absolute atomic E-state index is 0.0555. The molecule has 6 nitrogen and oxygen atoms in total. The standard InChI is InChI=1S/C24H35N3O3/c1-17-9-8-10-20-22(25-26(23(17)20)14-5-7-15-29-3)18(2)27(19-12-13-19)24(28)21-11-4-6-16-30-21/h8-10,18-19,21H,4-7,11-16H2,1-3H3/t18-,21-/m1/s1. The van der Waals surface area contributed by atoms with Crippen molar-refractivity contribution in [2.75, 3.05) is 20.3 Å². The Morgan fingerprint density at radius 1 is 1.30 bits per heavy atom. The van der Waals surface area contributed by atoms with Gasteiger partial charge in [0, 0.05) is 38.3 Å². The van der Waals surface area contributed by atoms with Gasteiger partial charge in [-0.05, 0) is 64.4 Å². The van der Waals surface area contributed by atoms with Gasteiger partial charge >= 0.3 is 0 Å². The van der Waals surface area contributed by atoms with Gasteiger partial charge in [-0.25, -0.2) is 0 Å². The van der Waals surface area contributed by atoms with E-state index >= 15 is 0 Å². The molecule has 2 atom stereocenters. The highest BCUT2D eigenvalue weighted by atomic mass is 16.5. The zero-order valence-electron chi connectivity index (χ0n) is 18.6. The number of ether oxygens (including phenoxy) is 2. The largest absolute Gasteiger partial charge is 0.385 e. The van der Waals surface area contributed by atoms with Crippen molar-refractivity contribution in [3.63, 3.8) is 0 Å². The van der Waals surface area contributed by atoms with Gasteiger partial charge in [-0.2, -0.15) is 5.10 Å². The van der Waals surface area contributed by atoms with Gasteiger partial charge < -0.3 is 14.4 Å². The quantitative estimate of drug-likeness (QED) is 0.572. The van der Waals surface area contributed by atoms with Crippen molar-refractivity contribution in [1.82, 2.24) is 14.7 Å². The van der Waals surface area contributed by atoms with Crippen LogP contribution < -0.4 is 0 Å². The molecule has 2 heterocycles. The molecule has 2 aromatic rings. The molecule has 6 heteroatoms. The third-order valence-electron chi connectivity index (χ3n) is 6.43. The maximum Gasteiger partial charge on any atom is 0.252 e. The molecule has 0 spiro atoms. The van der Waals surface area contributed by atoms with Crippen molar-refractivity contribution in [2.45, 2.75) is 83.5 Å². The maximum atomic E-state index is 13.4. The molecule has 1 aliphatic heterocycles. The molecule has 0 unspecified atom stereocenters. The molecule has 0 radical (unpaired) electrons. The number of fused-ring (bicyclic) bond motifs is 1. The number of hydrogen-bond donors (Lipinski definition) is 0. The van der Waals surface area contributed by atoms with Crippen molar-refractivity contribution in [1.29, 1.82) is 0 Å². The highest BCUT2D eigenvalue weighted by molar-refractivity contribution is 5.87. The average molecular weight is 414 g/mol. The summed E-state index contributed by atoms with van der Waals surface area (Å²) in [6.07, 6.45) is 6.87. The third kappa shape index (κ3) is 4.40. The smallest absolute Gasteiger partial charge is 0.252 e. The Hall–Kier alpha value is -1.92. The number of methoxy groups -OCH3 is 1. The number of carbonyl (C=O) groups is 1. The van der Waals surface area contributed by atoms with Gasteiger partial charge in [-0.15, -0.1) is 0 Å². The Morgan fingerprint density at radius 3 is 2.83 bits per heavy atom. The average Bonchev–Trinajstić information content (AvgIpc) is 3.52. The third-order valence-corrected chi connectivity index (χ3v) is 6.43. The van der Waals surface area contributed by atoms with E-state index in [1.165, 1.54) is 11.1 Å². The first-order chi connectivity index (χ1) is 14.6. The number of amides is 1. The number of benzene rings is 1. The van der Waals surface area contributed by atoms with E-state index in [9.17, 15) is 4.79 Å². The van der Waals surface area contributed by atoms with Gasteiger partial charge in [0.05, 0.1) is 17.3 Å². The molecule has 1 saturated heterocycles. The second kappa shape index (κ2) is 9.48. The van der Waals surface area contributed by atoms with Crippen molar-refractivity contribution in [3.8, 4) is 0 Å². The van der Waals surface area contributed by atoms with Crippen LogP contribution >= 0.6 is 0 Å². The van der Waals surface area contributed by atoms with Crippen LogP contribution in [0.1, 0.15) is 69.2 Å². The van der Waals surface area contributed by atoms with Crippen molar-refractivity contribution in [2.24, 2.45) is 0 Å². The van der Waals surface area contributed by atoms with E-state index in [1.807, 2.05) is 0 Å². The van der Waals surface area contributed by atoms with Crippen molar-refractivity contribution < 1.29 is 14.3 Å². The lowest BCUT2D eigenvalue weighted by Gasteiger charge is -2.33. The molecule has 30 heavy (non-hydrogen) atoms. The van der Waals surface area contributed by atoms with Crippen LogP contribution in [0.2, 0.25) is 0 Å². The second-order valence-electron chi connectivity index (χ2n) is 8.79. The van der Waals surface area contributed by atoms with Crippen molar-refractivity contribution >= 4 is 16.8 Å². The molecule has 1 aromatic carbocycles. The van der Waals surface area contributed by atoms with E-state index in [0.717, 1.165) is 69.2 Å². The van der Waals surface area contributed by atoms with Crippen LogP contribution in [0.25, 0.3) is 10.9 Å². The maximum absolute atomic E-state index is 13.4. The molecule has 1 aromatic heterocycles. The number of carbonyl (C=O) groups excluding carboxylic acids is 1. The number of para-hydroxylation sites is 1. The topological polar surface area (TPSA) is 56.6 Å². The monoisotopic (exact) mass is 413 g/mol. The fourth-order valence-corrected chi connectivity index (χ4v) is 4.69. The van der Waals surface area contributed by atoms with Crippen LogP contribution in [0.4, 0.5) is 0 Å². The molecular formula is C24H35N3O3. The molecule has 1 amide bonds. The van der Waals surface area contributed by atoms with Crippen molar-refractivity contribution in [3.05, 3.63) is 29.5 Å². The molecule has 1 aliphatic carbocycles. The minimum atomic E-state index is -0.286. The number of aromatic nitrogens is 2. The lowest BCUT2D eigenvalue weighted by molar-refractivity contribution is -0.149. The fourth-order valence-electron chi connectivity index (χ4n) is 4.69. The summed E-state index contributed by atoms with van der Waals surface area (Å²) < 4.78 is 13.2. The van der Waals surface area contributed by atoms with Crippen LogP contribution in [0, 0.1) is 6.92 Å². The predicted molar refractivity (Wildman–Crippen MR) is 117 cm³/mol. The number of rotatable bonds is 9. The van der Waals surface area contributed by atoms with E-state index in [4.69, 9.17) is 14.6 Å². The van der Waals surface area contributed by atoms with E-state index < -0.39 is 0 Å². The number of nitrogens with zero attached hydrogens (tertiary/aromatic N) is 3. The first-order valence-corrected chi connectivity index (χ1v) is 11.5. The van der Waals surface area contributed by atoms with Crippen LogP contribution in [0.5, 0.6) is 0 Å². The molecule has 0 bridgehead atoms. The second-order valence-corrected chi connectivity index (χ2v) is 8.79. The summed E-state index contributed by atoms with van der Waals surface area (Å²) in [5.74, 6) is 0.153. The van der Waals surface area contributed by atoms with E-state index in [0.29, 0.717) is 12.6 Å². The Bertz CT molecular complexity index is 868. The molecule has 164 valence electrons. The summed E-state index contributed by atoms with van der Waals surface area (Å²) in [6.45, 7) is 6.61. The zero-order chi connectivity index (χ0) is 21.1. The van der Waals surface area contributed by atoms with Gasteiger partial charge in [0.2, 0.25) is 0 Å². The summed E-state index contributed by atoms with van der Waals surface area (Å²) in [5.41, 5.74) is 3.43. The van der Waals surface area contributed by atoms with Crippen LogP contribution in [-0.4, -0.2) is 53.1 Å². The first kappa shape index (κ1) is 21.3. The van der Waals surface area contributed by atoms with Gasteiger partial charge in [0.15, 0.2) is 0 Å². The molecular weight excluding hydrogens is 378 g/mol. The Balaban J connectivity index is 1.63. The number of aryl methyl sites for hydroxylation is 2. The molecule has 1 saturated carbocycles. The van der Waals surface area contributed by atoms with Crippen LogP contribution in [0.3, 0.4) is 0 Å². The van der Waals surface area contributed by atoms with Crippen LogP contribution in [-0.2, 0) is 20.8 Å². The molecule has 2 aliphatic rings. The highest BCUT2D eigenvalue weighted by Gasteiger charge is 2.41.